The number of rotatable bonds is 7. The van der Waals surface area contributed by atoms with Crippen LogP contribution in [0.3, 0.4) is 0 Å². The molecule has 0 unspecified atom stereocenters. The number of benzene rings is 1. The SMILES string of the molecule is CSc1nc2nc(C)c(CC(=O)NCCSc3ccccc3)c(C)n2n1. The molecule has 3 rings (SSSR count). The molecule has 3 aromatic rings. The molecule has 0 saturated heterocycles. The fraction of sp³-hybridized carbons (Fsp3) is 0.333. The number of hydrogen-bond acceptors (Lipinski definition) is 6. The summed E-state index contributed by atoms with van der Waals surface area (Å²) in [5.41, 5.74) is 2.64. The van der Waals surface area contributed by atoms with Crippen molar-refractivity contribution in [2.75, 3.05) is 18.6 Å². The maximum atomic E-state index is 12.3. The summed E-state index contributed by atoms with van der Waals surface area (Å²) < 4.78 is 1.71. The second kappa shape index (κ2) is 8.55. The normalized spacial score (nSPS) is 11.0. The molecule has 6 nitrogen and oxygen atoms in total. The van der Waals surface area contributed by atoms with Crippen molar-refractivity contribution in [2.45, 2.75) is 30.3 Å². The predicted molar refractivity (Wildman–Crippen MR) is 106 cm³/mol. The van der Waals surface area contributed by atoms with E-state index in [4.69, 9.17) is 0 Å². The van der Waals surface area contributed by atoms with Gasteiger partial charge in [-0.05, 0) is 32.2 Å². The zero-order valence-electron chi connectivity index (χ0n) is 15.0. The van der Waals surface area contributed by atoms with Gasteiger partial charge in [-0.1, -0.05) is 30.0 Å². The van der Waals surface area contributed by atoms with E-state index in [9.17, 15) is 4.79 Å². The van der Waals surface area contributed by atoms with E-state index >= 15 is 0 Å². The summed E-state index contributed by atoms with van der Waals surface area (Å²) in [4.78, 5) is 22.4. The number of amides is 1. The van der Waals surface area contributed by atoms with Gasteiger partial charge in [0.05, 0.1) is 6.42 Å². The molecule has 0 aliphatic heterocycles. The fourth-order valence-corrected chi connectivity index (χ4v) is 3.76. The van der Waals surface area contributed by atoms with Gasteiger partial charge in [0, 0.05) is 34.1 Å². The van der Waals surface area contributed by atoms with Crippen LogP contribution >= 0.6 is 23.5 Å². The van der Waals surface area contributed by atoms with Crippen LogP contribution in [0.2, 0.25) is 0 Å². The number of fused-ring (bicyclic) bond motifs is 1. The molecule has 0 bridgehead atoms. The van der Waals surface area contributed by atoms with Crippen LogP contribution in [0, 0.1) is 13.8 Å². The van der Waals surface area contributed by atoms with Gasteiger partial charge in [-0.15, -0.1) is 16.9 Å². The van der Waals surface area contributed by atoms with Gasteiger partial charge in [-0.25, -0.2) is 9.50 Å². The summed E-state index contributed by atoms with van der Waals surface area (Å²) in [6.07, 6.45) is 2.23. The Hall–Kier alpha value is -2.06. The molecule has 0 radical (unpaired) electrons. The van der Waals surface area contributed by atoms with Crippen LogP contribution in [0.5, 0.6) is 0 Å². The molecular formula is C18H21N5OS2. The molecule has 136 valence electrons. The number of aromatic nitrogens is 4. The van der Waals surface area contributed by atoms with Crippen LogP contribution in [0.15, 0.2) is 40.4 Å². The molecule has 2 aromatic heterocycles. The number of carbonyl (C=O) groups excluding carboxylic acids is 1. The van der Waals surface area contributed by atoms with E-state index < -0.39 is 0 Å². The Bertz CT molecular complexity index is 911. The number of carbonyl (C=O) groups is 1. The van der Waals surface area contributed by atoms with E-state index in [1.807, 2.05) is 38.3 Å². The third-order valence-corrected chi connectivity index (χ3v) is 5.54. The fourth-order valence-electron chi connectivity index (χ4n) is 2.63. The first-order valence-electron chi connectivity index (χ1n) is 8.30. The lowest BCUT2D eigenvalue weighted by atomic mass is 10.1. The summed E-state index contributed by atoms with van der Waals surface area (Å²) in [6, 6.07) is 10.2. The van der Waals surface area contributed by atoms with Crippen molar-refractivity contribution in [3.05, 3.63) is 47.3 Å². The quantitative estimate of drug-likeness (QED) is 0.496. The number of aryl methyl sites for hydroxylation is 2. The van der Waals surface area contributed by atoms with Crippen molar-refractivity contribution >= 4 is 35.2 Å². The predicted octanol–water partition coefficient (Wildman–Crippen LogP) is 2.91. The van der Waals surface area contributed by atoms with Gasteiger partial charge in [0.2, 0.25) is 11.1 Å². The molecule has 0 aliphatic rings. The van der Waals surface area contributed by atoms with Crippen LogP contribution in [-0.2, 0) is 11.2 Å². The van der Waals surface area contributed by atoms with E-state index in [2.05, 4.69) is 32.5 Å². The van der Waals surface area contributed by atoms with Crippen LogP contribution in [-0.4, -0.2) is 44.0 Å². The Morgan fingerprint density at radius 2 is 1.96 bits per heavy atom. The highest BCUT2D eigenvalue weighted by Crippen LogP contribution is 2.18. The van der Waals surface area contributed by atoms with Crippen molar-refractivity contribution in [3.8, 4) is 0 Å². The molecular weight excluding hydrogens is 366 g/mol. The molecule has 0 aliphatic carbocycles. The molecule has 1 N–H and O–H groups in total. The molecule has 0 atom stereocenters. The minimum absolute atomic E-state index is 0.00350. The summed E-state index contributed by atoms with van der Waals surface area (Å²) in [5, 5.41) is 8.08. The van der Waals surface area contributed by atoms with Gasteiger partial charge in [0.1, 0.15) is 0 Å². The summed E-state index contributed by atoms with van der Waals surface area (Å²) in [7, 11) is 0. The van der Waals surface area contributed by atoms with Crippen molar-refractivity contribution in [1.29, 1.82) is 0 Å². The molecule has 1 amide bonds. The van der Waals surface area contributed by atoms with Gasteiger partial charge >= 0.3 is 0 Å². The Morgan fingerprint density at radius 3 is 2.69 bits per heavy atom. The van der Waals surface area contributed by atoms with E-state index in [0.29, 0.717) is 23.9 Å². The molecule has 26 heavy (non-hydrogen) atoms. The zero-order valence-corrected chi connectivity index (χ0v) is 16.7. The number of thioether (sulfide) groups is 2. The second-order valence-corrected chi connectivity index (χ2v) is 7.70. The summed E-state index contributed by atoms with van der Waals surface area (Å²) >= 11 is 3.21. The van der Waals surface area contributed by atoms with Gasteiger partial charge in [0.25, 0.3) is 5.78 Å². The molecule has 1 aromatic carbocycles. The van der Waals surface area contributed by atoms with Crippen LogP contribution in [0.4, 0.5) is 0 Å². The van der Waals surface area contributed by atoms with Gasteiger partial charge in [-0.3, -0.25) is 4.79 Å². The van der Waals surface area contributed by atoms with Crippen molar-refractivity contribution in [3.63, 3.8) is 0 Å². The molecule has 8 heteroatoms. The van der Waals surface area contributed by atoms with Gasteiger partial charge in [-0.2, -0.15) is 4.98 Å². The maximum Gasteiger partial charge on any atom is 0.253 e. The van der Waals surface area contributed by atoms with E-state index in [-0.39, 0.29) is 5.91 Å². The molecule has 0 saturated carbocycles. The second-order valence-electron chi connectivity index (χ2n) is 5.76. The van der Waals surface area contributed by atoms with Gasteiger partial charge < -0.3 is 5.32 Å². The van der Waals surface area contributed by atoms with E-state index in [1.54, 1.807) is 16.3 Å². The van der Waals surface area contributed by atoms with E-state index in [1.165, 1.54) is 16.7 Å². The van der Waals surface area contributed by atoms with E-state index in [0.717, 1.165) is 22.7 Å². The summed E-state index contributed by atoms with van der Waals surface area (Å²) in [6.45, 7) is 4.49. The standard InChI is InChI=1S/C18H21N5OS2/c1-12-15(13(2)23-17(20-12)21-18(22-23)25-3)11-16(24)19-9-10-26-14-7-5-4-6-8-14/h4-8H,9-11H2,1-3H3,(H,19,24). The highest BCUT2D eigenvalue weighted by Gasteiger charge is 2.15. The van der Waals surface area contributed by atoms with Crippen LogP contribution < -0.4 is 5.32 Å². The first-order valence-corrected chi connectivity index (χ1v) is 10.5. The Balaban J connectivity index is 1.60. The lowest BCUT2D eigenvalue weighted by Gasteiger charge is -2.10. The first-order chi connectivity index (χ1) is 12.6. The number of hydrogen-bond donors (Lipinski definition) is 1. The van der Waals surface area contributed by atoms with Crippen molar-refractivity contribution < 1.29 is 4.79 Å². The molecule has 0 spiro atoms. The summed E-state index contributed by atoms with van der Waals surface area (Å²) in [5.74, 6) is 1.41. The highest BCUT2D eigenvalue weighted by atomic mass is 32.2. The highest BCUT2D eigenvalue weighted by molar-refractivity contribution is 7.99. The maximum absolute atomic E-state index is 12.3. The minimum Gasteiger partial charge on any atom is -0.355 e. The van der Waals surface area contributed by atoms with Crippen LogP contribution in [0.25, 0.3) is 5.78 Å². The zero-order chi connectivity index (χ0) is 18.5. The average molecular weight is 388 g/mol. The minimum atomic E-state index is -0.00350. The number of nitrogens with zero attached hydrogens (tertiary/aromatic N) is 4. The third kappa shape index (κ3) is 4.37. The van der Waals surface area contributed by atoms with Crippen molar-refractivity contribution in [2.24, 2.45) is 0 Å². The Kier molecular flexibility index (Phi) is 6.16. The molecule has 2 heterocycles. The monoisotopic (exact) mass is 387 g/mol. The Morgan fingerprint density at radius 1 is 1.19 bits per heavy atom. The number of nitrogens with one attached hydrogen (secondary N) is 1. The smallest absolute Gasteiger partial charge is 0.253 e. The average Bonchev–Trinajstić information content (AvgIpc) is 3.06. The first kappa shape index (κ1) is 18.7. The lowest BCUT2D eigenvalue weighted by Crippen LogP contribution is -2.28. The third-order valence-electron chi connectivity index (χ3n) is 3.99. The lowest BCUT2D eigenvalue weighted by molar-refractivity contribution is -0.120. The van der Waals surface area contributed by atoms with Crippen molar-refractivity contribution in [1.82, 2.24) is 24.9 Å². The topological polar surface area (TPSA) is 72.2 Å². The Labute approximate surface area is 161 Å². The molecule has 0 fully saturated rings. The largest absolute Gasteiger partial charge is 0.355 e. The van der Waals surface area contributed by atoms with Crippen LogP contribution in [0.1, 0.15) is 17.0 Å². The van der Waals surface area contributed by atoms with Gasteiger partial charge in [0.15, 0.2) is 0 Å².